The monoisotopic (exact) mass is 154 g/mol. The van der Waals surface area contributed by atoms with E-state index in [1.54, 1.807) is 6.92 Å². The highest BCUT2D eigenvalue weighted by atomic mass is 16.3. The van der Waals surface area contributed by atoms with E-state index in [-0.39, 0.29) is 0 Å². The van der Waals surface area contributed by atoms with Gasteiger partial charge >= 0.3 is 0 Å². The highest BCUT2D eigenvalue weighted by molar-refractivity contribution is 5.33. The second-order valence-corrected chi connectivity index (χ2v) is 3.31. The lowest BCUT2D eigenvalue weighted by molar-refractivity contribution is -0.0161. The molecule has 11 heavy (non-hydrogen) atoms. The van der Waals surface area contributed by atoms with Crippen LogP contribution in [0.5, 0.6) is 0 Å². The van der Waals surface area contributed by atoms with Crippen LogP contribution in [-0.4, -0.2) is 21.9 Å². The van der Waals surface area contributed by atoms with Crippen molar-refractivity contribution in [1.82, 2.24) is 0 Å². The van der Waals surface area contributed by atoms with Gasteiger partial charge in [-0.25, -0.2) is 0 Å². The topological polar surface area (TPSA) is 40.5 Å². The highest BCUT2D eigenvalue weighted by Crippen LogP contribution is 2.28. The van der Waals surface area contributed by atoms with Gasteiger partial charge in [-0.3, -0.25) is 0 Å². The molecule has 1 rings (SSSR count). The van der Waals surface area contributed by atoms with Crippen LogP contribution in [0, 0.1) is 0 Å². The Hall–Kier alpha value is -0.600. The maximum absolute atomic E-state index is 9.72. The van der Waals surface area contributed by atoms with E-state index in [2.05, 4.69) is 0 Å². The first-order valence-electron chi connectivity index (χ1n) is 3.72. The summed E-state index contributed by atoms with van der Waals surface area (Å²) >= 11 is 0. The molecule has 0 saturated carbocycles. The Labute approximate surface area is 66.9 Å². The molecular formula is C9H14O2. The van der Waals surface area contributed by atoms with Crippen LogP contribution in [0.15, 0.2) is 23.3 Å². The van der Waals surface area contributed by atoms with Crippen LogP contribution >= 0.6 is 0 Å². The standard InChI is InChI=1S/C9H14O2/c1-6-4-5-7(2)9(3,11)8(6)10/h4-5,8,10-11H,1-3H3/t8-,9+/m0/s1. The molecule has 62 valence electrons. The maximum atomic E-state index is 9.72. The summed E-state index contributed by atoms with van der Waals surface area (Å²) in [6.45, 7) is 5.24. The third kappa shape index (κ3) is 1.24. The first kappa shape index (κ1) is 8.50. The third-order valence-electron chi connectivity index (χ3n) is 2.36. The van der Waals surface area contributed by atoms with E-state index in [0.29, 0.717) is 0 Å². The first-order chi connectivity index (χ1) is 4.96. The van der Waals surface area contributed by atoms with E-state index in [1.165, 1.54) is 0 Å². The summed E-state index contributed by atoms with van der Waals surface area (Å²) in [6.07, 6.45) is 2.91. The summed E-state index contributed by atoms with van der Waals surface area (Å²) in [5.41, 5.74) is 0.523. The summed E-state index contributed by atoms with van der Waals surface area (Å²) in [5, 5.41) is 19.2. The molecule has 0 spiro atoms. The van der Waals surface area contributed by atoms with E-state index in [1.807, 2.05) is 26.0 Å². The van der Waals surface area contributed by atoms with Gasteiger partial charge in [0, 0.05) is 0 Å². The Morgan fingerprint density at radius 3 is 2.36 bits per heavy atom. The van der Waals surface area contributed by atoms with Gasteiger partial charge < -0.3 is 10.2 Å². The summed E-state index contributed by atoms with van der Waals surface area (Å²) in [5.74, 6) is 0. The molecule has 0 heterocycles. The number of hydrogen-bond acceptors (Lipinski definition) is 2. The zero-order valence-electron chi connectivity index (χ0n) is 7.13. The Bertz CT molecular complexity index is 224. The van der Waals surface area contributed by atoms with Gasteiger partial charge in [0.15, 0.2) is 0 Å². The second kappa shape index (κ2) is 2.47. The Balaban J connectivity index is 3.03. The van der Waals surface area contributed by atoms with Crippen LogP contribution in [0.3, 0.4) is 0 Å². The first-order valence-corrected chi connectivity index (χ1v) is 3.72. The molecule has 0 saturated heterocycles. The van der Waals surface area contributed by atoms with Gasteiger partial charge in [-0.05, 0) is 31.9 Å². The lowest BCUT2D eigenvalue weighted by atomic mass is 9.83. The van der Waals surface area contributed by atoms with Crippen molar-refractivity contribution in [2.24, 2.45) is 0 Å². The molecule has 1 aliphatic rings. The summed E-state index contributed by atoms with van der Waals surface area (Å²) < 4.78 is 0. The Morgan fingerprint density at radius 2 is 1.91 bits per heavy atom. The van der Waals surface area contributed by atoms with E-state index in [4.69, 9.17) is 0 Å². The van der Waals surface area contributed by atoms with Crippen molar-refractivity contribution < 1.29 is 10.2 Å². The molecule has 2 N–H and O–H groups in total. The van der Waals surface area contributed by atoms with Gasteiger partial charge in [0.2, 0.25) is 0 Å². The molecule has 2 atom stereocenters. The molecule has 1 aliphatic carbocycles. The van der Waals surface area contributed by atoms with E-state index in [9.17, 15) is 10.2 Å². The predicted octanol–water partition coefficient (Wildman–Crippen LogP) is 1.00. The van der Waals surface area contributed by atoms with Crippen LogP contribution in [0.2, 0.25) is 0 Å². The second-order valence-electron chi connectivity index (χ2n) is 3.31. The quantitative estimate of drug-likeness (QED) is 0.546. The fraction of sp³-hybridized carbons (Fsp3) is 0.556. The van der Waals surface area contributed by atoms with Crippen molar-refractivity contribution in [3.05, 3.63) is 23.3 Å². The van der Waals surface area contributed by atoms with Crippen LogP contribution in [0.4, 0.5) is 0 Å². The molecule has 0 unspecified atom stereocenters. The Kier molecular flexibility index (Phi) is 1.90. The molecule has 0 radical (unpaired) electrons. The fourth-order valence-electron chi connectivity index (χ4n) is 1.18. The normalized spacial score (nSPS) is 38.1. The van der Waals surface area contributed by atoms with E-state index < -0.39 is 11.7 Å². The van der Waals surface area contributed by atoms with Crippen molar-refractivity contribution in [3.63, 3.8) is 0 Å². The molecular weight excluding hydrogens is 140 g/mol. The Morgan fingerprint density at radius 1 is 1.36 bits per heavy atom. The molecule has 0 aliphatic heterocycles. The summed E-state index contributed by atoms with van der Waals surface area (Å²) in [6, 6.07) is 0. The van der Waals surface area contributed by atoms with Gasteiger partial charge in [0.1, 0.15) is 11.7 Å². The predicted molar refractivity (Wildman–Crippen MR) is 44.1 cm³/mol. The molecule has 0 amide bonds. The van der Waals surface area contributed by atoms with Crippen LogP contribution in [0.1, 0.15) is 20.8 Å². The number of aliphatic hydroxyl groups is 2. The smallest absolute Gasteiger partial charge is 0.112 e. The lowest BCUT2D eigenvalue weighted by Crippen LogP contribution is -2.42. The van der Waals surface area contributed by atoms with Crippen LogP contribution in [0.25, 0.3) is 0 Å². The number of rotatable bonds is 0. The minimum atomic E-state index is -1.08. The SMILES string of the molecule is CC1=CC=C(C)[C@@](C)(O)[C@H]1O. The third-order valence-corrected chi connectivity index (χ3v) is 2.36. The van der Waals surface area contributed by atoms with Gasteiger partial charge in [0.25, 0.3) is 0 Å². The minimum absolute atomic E-state index is 0.757. The molecule has 2 nitrogen and oxygen atoms in total. The maximum Gasteiger partial charge on any atom is 0.112 e. The van der Waals surface area contributed by atoms with Crippen LogP contribution < -0.4 is 0 Å². The molecule has 2 heteroatoms. The number of allylic oxidation sites excluding steroid dienone is 2. The van der Waals surface area contributed by atoms with E-state index >= 15 is 0 Å². The largest absolute Gasteiger partial charge is 0.385 e. The zero-order chi connectivity index (χ0) is 8.65. The molecule has 0 aromatic rings. The van der Waals surface area contributed by atoms with Crippen molar-refractivity contribution in [2.45, 2.75) is 32.5 Å². The molecule has 0 aromatic heterocycles. The van der Waals surface area contributed by atoms with Gasteiger partial charge in [-0.1, -0.05) is 12.2 Å². The van der Waals surface area contributed by atoms with Gasteiger partial charge in [0.05, 0.1) is 0 Å². The zero-order valence-corrected chi connectivity index (χ0v) is 7.13. The highest BCUT2D eigenvalue weighted by Gasteiger charge is 2.34. The van der Waals surface area contributed by atoms with Gasteiger partial charge in [-0.2, -0.15) is 0 Å². The van der Waals surface area contributed by atoms with Gasteiger partial charge in [-0.15, -0.1) is 0 Å². The lowest BCUT2D eigenvalue weighted by Gasteiger charge is -2.33. The average molecular weight is 154 g/mol. The van der Waals surface area contributed by atoms with E-state index in [0.717, 1.165) is 11.1 Å². The average Bonchev–Trinajstić information content (AvgIpc) is 1.95. The number of aliphatic hydroxyl groups excluding tert-OH is 1. The minimum Gasteiger partial charge on any atom is -0.385 e. The number of hydrogen-bond donors (Lipinski definition) is 2. The summed E-state index contributed by atoms with van der Waals surface area (Å²) in [7, 11) is 0. The molecule has 0 fully saturated rings. The summed E-state index contributed by atoms with van der Waals surface area (Å²) in [4.78, 5) is 0. The fourth-order valence-corrected chi connectivity index (χ4v) is 1.18. The molecule has 0 bridgehead atoms. The van der Waals surface area contributed by atoms with Crippen molar-refractivity contribution >= 4 is 0 Å². The van der Waals surface area contributed by atoms with Crippen molar-refractivity contribution in [1.29, 1.82) is 0 Å². The van der Waals surface area contributed by atoms with Crippen molar-refractivity contribution in [2.75, 3.05) is 0 Å². The molecule has 0 aromatic carbocycles. The van der Waals surface area contributed by atoms with Crippen molar-refractivity contribution in [3.8, 4) is 0 Å². The van der Waals surface area contributed by atoms with Crippen LogP contribution in [-0.2, 0) is 0 Å².